The van der Waals surface area contributed by atoms with Crippen LogP contribution in [-0.4, -0.2) is 32.2 Å². The van der Waals surface area contributed by atoms with Crippen molar-refractivity contribution in [3.8, 4) is 0 Å². The summed E-state index contributed by atoms with van der Waals surface area (Å²) < 4.78 is 6.22. The van der Waals surface area contributed by atoms with Crippen LogP contribution >= 0.6 is 34.2 Å². The number of anilines is 2. The van der Waals surface area contributed by atoms with E-state index in [2.05, 4.69) is 32.8 Å². The topological polar surface area (TPSA) is 41.6 Å². The lowest BCUT2D eigenvalue weighted by Crippen LogP contribution is -2.36. The quantitative estimate of drug-likeness (QED) is 0.730. The first kappa shape index (κ1) is 16.5. The minimum absolute atomic E-state index is 0.140. The Morgan fingerprint density at radius 3 is 2.48 bits per heavy atom. The van der Waals surface area contributed by atoms with E-state index in [0.717, 1.165) is 41.2 Å². The third kappa shape index (κ3) is 4.16. The number of carbonyl (C=O) groups is 1. The Morgan fingerprint density at radius 2 is 1.83 bits per heavy atom. The molecule has 0 bridgehead atoms. The summed E-state index contributed by atoms with van der Waals surface area (Å²) in [5.74, 6) is -0.140. The van der Waals surface area contributed by atoms with Crippen molar-refractivity contribution in [1.82, 2.24) is 0 Å². The van der Waals surface area contributed by atoms with Gasteiger partial charge in [0.1, 0.15) is 0 Å². The van der Waals surface area contributed by atoms with E-state index in [0.29, 0.717) is 10.6 Å². The molecule has 1 heterocycles. The molecule has 0 aromatic heterocycles. The molecule has 1 aliphatic heterocycles. The molecule has 1 N–H and O–H groups in total. The van der Waals surface area contributed by atoms with Crippen LogP contribution in [0.15, 0.2) is 42.5 Å². The molecule has 1 saturated heterocycles. The second kappa shape index (κ2) is 7.51. The summed E-state index contributed by atoms with van der Waals surface area (Å²) in [5, 5.41) is 3.56. The molecule has 2 aromatic rings. The minimum Gasteiger partial charge on any atom is -0.378 e. The van der Waals surface area contributed by atoms with Gasteiger partial charge in [-0.05, 0) is 65.1 Å². The number of carbonyl (C=O) groups excluding carboxylic acids is 1. The van der Waals surface area contributed by atoms with Gasteiger partial charge in [0.25, 0.3) is 5.91 Å². The van der Waals surface area contributed by atoms with Gasteiger partial charge in [-0.1, -0.05) is 11.6 Å². The predicted molar refractivity (Wildman–Crippen MR) is 102 cm³/mol. The molecule has 1 fully saturated rings. The van der Waals surface area contributed by atoms with E-state index < -0.39 is 0 Å². The molecular weight excluding hydrogens is 427 g/mol. The zero-order valence-corrected chi connectivity index (χ0v) is 15.3. The molecule has 1 amide bonds. The summed E-state index contributed by atoms with van der Waals surface area (Å²) in [7, 11) is 0. The molecule has 3 rings (SSSR count). The SMILES string of the molecule is O=C(Nc1ccc(N2CCOCC2)cc1)c1ccc(Cl)c(I)c1. The average molecular weight is 443 g/mol. The zero-order chi connectivity index (χ0) is 16.2. The van der Waals surface area contributed by atoms with Crippen molar-refractivity contribution in [3.63, 3.8) is 0 Å². The van der Waals surface area contributed by atoms with Crippen molar-refractivity contribution < 1.29 is 9.53 Å². The number of morpholine rings is 1. The predicted octanol–water partition coefficient (Wildman–Crippen LogP) is 4.03. The number of halogens is 2. The van der Waals surface area contributed by atoms with Crippen LogP contribution in [0.2, 0.25) is 5.02 Å². The highest BCUT2D eigenvalue weighted by molar-refractivity contribution is 14.1. The van der Waals surface area contributed by atoms with Crippen molar-refractivity contribution >= 4 is 51.5 Å². The van der Waals surface area contributed by atoms with E-state index >= 15 is 0 Å². The molecule has 0 saturated carbocycles. The van der Waals surface area contributed by atoms with Crippen LogP contribution in [0, 0.1) is 3.57 Å². The fourth-order valence-corrected chi connectivity index (χ4v) is 3.05. The summed E-state index contributed by atoms with van der Waals surface area (Å²) in [6.45, 7) is 3.31. The smallest absolute Gasteiger partial charge is 0.255 e. The number of ether oxygens (including phenoxy) is 1. The van der Waals surface area contributed by atoms with Crippen LogP contribution in [0.3, 0.4) is 0 Å². The number of nitrogens with one attached hydrogen (secondary N) is 1. The average Bonchev–Trinajstić information content (AvgIpc) is 2.59. The van der Waals surface area contributed by atoms with Gasteiger partial charge in [-0.2, -0.15) is 0 Å². The van der Waals surface area contributed by atoms with Gasteiger partial charge in [-0.3, -0.25) is 4.79 Å². The van der Waals surface area contributed by atoms with Gasteiger partial charge in [-0.15, -0.1) is 0 Å². The molecule has 0 radical (unpaired) electrons. The Hall–Kier alpha value is -1.31. The fraction of sp³-hybridized carbons (Fsp3) is 0.235. The summed E-state index contributed by atoms with van der Waals surface area (Å²) >= 11 is 8.10. The molecule has 0 unspecified atom stereocenters. The third-order valence-electron chi connectivity index (χ3n) is 3.68. The number of hydrogen-bond donors (Lipinski definition) is 1. The molecule has 1 aliphatic rings. The van der Waals surface area contributed by atoms with Crippen LogP contribution in [-0.2, 0) is 4.74 Å². The first-order chi connectivity index (χ1) is 11.1. The summed E-state index contributed by atoms with van der Waals surface area (Å²) in [6, 6.07) is 13.1. The Morgan fingerprint density at radius 1 is 1.13 bits per heavy atom. The van der Waals surface area contributed by atoms with Crippen molar-refractivity contribution in [2.45, 2.75) is 0 Å². The van der Waals surface area contributed by atoms with Crippen LogP contribution in [0.5, 0.6) is 0 Å². The Labute approximate surface area is 153 Å². The molecule has 4 nitrogen and oxygen atoms in total. The second-order valence-corrected chi connectivity index (χ2v) is 6.80. The summed E-state index contributed by atoms with van der Waals surface area (Å²) in [6.07, 6.45) is 0. The maximum atomic E-state index is 12.3. The van der Waals surface area contributed by atoms with E-state index in [9.17, 15) is 4.79 Å². The standard InChI is InChI=1S/C17H16ClIN2O2/c18-15-6-1-12(11-16(15)19)17(22)20-13-2-4-14(5-3-13)21-7-9-23-10-8-21/h1-6,11H,7-10H2,(H,20,22). The van der Waals surface area contributed by atoms with Crippen LogP contribution in [0.4, 0.5) is 11.4 Å². The maximum absolute atomic E-state index is 12.3. The molecule has 0 aliphatic carbocycles. The first-order valence-corrected chi connectivity index (χ1v) is 8.78. The summed E-state index contributed by atoms with van der Waals surface area (Å²) in [4.78, 5) is 14.6. The van der Waals surface area contributed by atoms with Crippen LogP contribution in [0.25, 0.3) is 0 Å². The fourth-order valence-electron chi connectivity index (χ4n) is 2.42. The van der Waals surface area contributed by atoms with E-state index in [1.807, 2.05) is 24.3 Å². The molecule has 0 atom stereocenters. The van der Waals surface area contributed by atoms with E-state index in [1.165, 1.54) is 0 Å². The van der Waals surface area contributed by atoms with Gasteiger partial charge >= 0.3 is 0 Å². The van der Waals surface area contributed by atoms with Crippen LogP contribution < -0.4 is 10.2 Å². The highest BCUT2D eigenvalue weighted by Crippen LogP contribution is 2.22. The molecule has 23 heavy (non-hydrogen) atoms. The number of nitrogens with zero attached hydrogens (tertiary/aromatic N) is 1. The van der Waals surface area contributed by atoms with Gasteiger partial charge in [0.05, 0.1) is 18.2 Å². The Kier molecular flexibility index (Phi) is 5.40. The minimum atomic E-state index is -0.140. The van der Waals surface area contributed by atoms with Gasteiger partial charge in [0.15, 0.2) is 0 Å². The normalized spacial score (nSPS) is 14.6. The van der Waals surface area contributed by atoms with Gasteiger partial charge in [0.2, 0.25) is 0 Å². The van der Waals surface area contributed by atoms with Gasteiger partial charge in [-0.25, -0.2) is 0 Å². The van der Waals surface area contributed by atoms with Gasteiger partial charge in [0, 0.05) is 33.6 Å². The third-order valence-corrected chi connectivity index (χ3v) is 5.22. The maximum Gasteiger partial charge on any atom is 0.255 e. The molecular formula is C17H16ClIN2O2. The van der Waals surface area contributed by atoms with E-state index in [4.69, 9.17) is 16.3 Å². The Balaban J connectivity index is 1.67. The van der Waals surface area contributed by atoms with Crippen molar-refractivity contribution in [3.05, 3.63) is 56.6 Å². The first-order valence-electron chi connectivity index (χ1n) is 7.32. The lowest BCUT2D eigenvalue weighted by atomic mass is 10.2. The molecule has 6 heteroatoms. The summed E-state index contributed by atoms with van der Waals surface area (Å²) in [5.41, 5.74) is 2.51. The van der Waals surface area contributed by atoms with Crippen molar-refractivity contribution in [2.24, 2.45) is 0 Å². The molecule has 0 spiro atoms. The number of hydrogen-bond acceptors (Lipinski definition) is 3. The van der Waals surface area contributed by atoms with Crippen molar-refractivity contribution in [1.29, 1.82) is 0 Å². The highest BCUT2D eigenvalue weighted by Gasteiger charge is 2.12. The largest absolute Gasteiger partial charge is 0.378 e. The van der Waals surface area contributed by atoms with Gasteiger partial charge < -0.3 is 15.0 Å². The lowest BCUT2D eigenvalue weighted by Gasteiger charge is -2.28. The Bertz CT molecular complexity index is 700. The van der Waals surface area contributed by atoms with E-state index in [-0.39, 0.29) is 5.91 Å². The monoisotopic (exact) mass is 442 g/mol. The molecule has 2 aromatic carbocycles. The highest BCUT2D eigenvalue weighted by atomic mass is 127. The number of rotatable bonds is 3. The molecule has 120 valence electrons. The van der Waals surface area contributed by atoms with Crippen LogP contribution in [0.1, 0.15) is 10.4 Å². The van der Waals surface area contributed by atoms with E-state index in [1.54, 1.807) is 18.2 Å². The number of benzene rings is 2. The number of amides is 1. The second-order valence-electron chi connectivity index (χ2n) is 5.23. The zero-order valence-electron chi connectivity index (χ0n) is 12.4. The lowest BCUT2D eigenvalue weighted by molar-refractivity contribution is 0.102. The van der Waals surface area contributed by atoms with Crippen molar-refractivity contribution in [2.75, 3.05) is 36.5 Å².